The minimum Gasteiger partial charge on any atom is -0.340 e. The summed E-state index contributed by atoms with van der Waals surface area (Å²) in [7, 11) is 1.96. The van der Waals surface area contributed by atoms with E-state index < -0.39 is 0 Å². The van der Waals surface area contributed by atoms with Gasteiger partial charge >= 0.3 is 0 Å². The van der Waals surface area contributed by atoms with E-state index in [0.29, 0.717) is 17.9 Å². The number of nitrogens with one attached hydrogen (secondary N) is 1. The number of likely N-dealkylation sites (N-methyl/N-ethyl adjacent to an activating group) is 1. The standard InChI is InChI=1S/C12H22N2O/c1-9-3-5-10(6-4-9)12(15)14(2)11-7-13-8-11/h9-11,13H,3-8H2,1-2H3. The molecule has 3 heteroatoms. The third-order valence-corrected chi connectivity index (χ3v) is 4.02. The zero-order chi connectivity index (χ0) is 10.8. The zero-order valence-corrected chi connectivity index (χ0v) is 9.83. The van der Waals surface area contributed by atoms with E-state index >= 15 is 0 Å². The summed E-state index contributed by atoms with van der Waals surface area (Å²) >= 11 is 0. The Bertz CT molecular complexity index is 230. The highest BCUT2D eigenvalue weighted by molar-refractivity contribution is 5.79. The van der Waals surface area contributed by atoms with Gasteiger partial charge in [0.25, 0.3) is 0 Å². The van der Waals surface area contributed by atoms with E-state index in [0.717, 1.165) is 31.8 Å². The second-order valence-corrected chi connectivity index (χ2v) is 5.22. The lowest BCUT2D eigenvalue weighted by Crippen LogP contribution is -2.58. The molecule has 2 fully saturated rings. The molecule has 0 bridgehead atoms. The van der Waals surface area contributed by atoms with Gasteiger partial charge in [0.15, 0.2) is 0 Å². The van der Waals surface area contributed by atoms with Crippen molar-refractivity contribution in [2.45, 2.75) is 38.6 Å². The molecule has 86 valence electrons. The van der Waals surface area contributed by atoms with Crippen molar-refractivity contribution in [3.05, 3.63) is 0 Å². The third kappa shape index (κ3) is 2.33. The maximum absolute atomic E-state index is 12.1. The molecule has 0 unspecified atom stereocenters. The van der Waals surface area contributed by atoms with Crippen LogP contribution in [0.25, 0.3) is 0 Å². The predicted octanol–water partition coefficient (Wildman–Crippen LogP) is 1.24. The molecule has 1 amide bonds. The molecule has 3 nitrogen and oxygen atoms in total. The summed E-state index contributed by atoms with van der Waals surface area (Å²) in [5.41, 5.74) is 0. The lowest BCUT2D eigenvalue weighted by atomic mass is 9.82. The highest BCUT2D eigenvalue weighted by atomic mass is 16.2. The first-order valence-corrected chi connectivity index (χ1v) is 6.16. The largest absolute Gasteiger partial charge is 0.340 e. The SMILES string of the molecule is CC1CCC(C(=O)N(C)C2CNC2)CC1. The third-order valence-electron chi connectivity index (χ3n) is 4.02. The van der Waals surface area contributed by atoms with Crippen LogP contribution in [-0.4, -0.2) is 37.0 Å². The molecule has 0 aromatic carbocycles. The van der Waals surface area contributed by atoms with Crippen LogP contribution in [0.3, 0.4) is 0 Å². The maximum atomic E-state index is 12.1. The van der Waals surface area contributed by atoms with E-state index in [1.54, 1.807) is 0 Å². The van der Waals surface area contributed by atoms with Gasteiger partial charge in [-0.15, -0.1) is 0 Å². The van der Waals surface area contributed by atoms with Crippen molar-refractivity contribution in [1.82, 2.24) is 10.2 Å². The highest BCUT2D eigenvalue weighted by Gasteiger charge is 2.31. The summed E-state index contributed by atoms with van der Waals surface area (Å²) in [5, 5.41) is 3.21. The minimum atomic E-state index is 0.312. The molecule has 1 aliphatic heterocycles. The molecule has 15 heavy (non-hydrogen) atoms. The fourth-order valence-corrected chi connectivity index (χ4v) is 2.52. The normalized spacial score (nSPS) is 32.1. The van der Waals surface area contributed by atoms with E-state index in [9.17, 15) is 4.79 Å². The molecule has 0 spiro atoms. The minimum absolute atomic E-state index is 0.312. The average Bonchev–Trinajstić information content (AvgIpc) is 2.15. The number of hydrogen-bond acceptors (Lipinski definition) is 2. The van der Waals surface area contributed by atoms with Crippen LogP contribution in [0.15, 0.2) is 0 Å². The molecule has 1 aliphatic carbocycles. The Hall–Kier alpha value is -0.570. The molecule has 0 radical (unpaired) electrons. The van der Waals surface area contributed by atoms with Gasteiger partial charge in [0.2, 0.25) is 5.91 Å². The molecule has 1 N–H and O–H groups in total. The Morgan fingerprint density at radius 3 is 2.27 bits per heavy atom. The highest BCUT2D eigenvalue weighted by Crippen LogP contribution is 2.29. The van der Waals surface area contributed by atoms with Gasteiger partial charge in [-0.3, -0.25) is 4.79 Å². The van der Waals surface area contributed by atoms with Crippen molar-refractivity contribution in [2.75, 3.05) is 20.1 Å². The Kier molecular flexibility index (Phi) is 3.29. The molecular formula is C12H22N2O. The number of nitrogens with zero attached hydrogens (tertiary/aromatic N) is 1. The van der Waals surface area contributed by atoms with E-state index in [-0.39, 0.29) is 0 Å². The molecule has 1 saturated carbocycles. The van der Waals surface area contributed by atoms with E-state index in [1.165, 1.54) is 12.8 Å². The summed E-state index contributed by atoms with van der Waals surface area (Å²) in [6.07, 6.45) is 4.66. The Labute approximate surface area is 92.2 Å². The average molecular weight is 210 g/mol. The van der Waals surface area contributed by atoms with Crippen molar-refractivity contribution in [2.24, 2.45) is 11.8 Å². The molecule has 0 atom stereocenters. The van der Waals surface area contributed by atoms with Crippen LogP contribution in [0.2, 0.25) is 0 Å². The predicted molar refractivity (Wildman–Crippen MR) is 60.5 cm³/mol. The number of hydrogen-bond donors (Lipinski definition) is 1. The van der Waals surface area contributed by atoms with Gasteiger partial charge in [-0.1, -0.05) is 6.92 Å². The monoisotopic (exact) mass is 210 g/mol. The van der Waals surface area contributed by atoms with Crippen molar-refractivity contribution in [3.63, 3.8) is 0 Å². The fourth-order valence-electron chi connectivity index (χ4n) is 2.52. The van der Waals surface area contributed by atoms with Crippen LogP contribution < -0.4 is 5.32 Å². The quantitative estimate of drug-likeness (QED) is 0.744. The van der Waals surface area contributed by atoms with Crippen LogP contribution in [0.1, 0.15) is 32.6 Å². The van der Waals surface area contributed by atoms with Crippen LogP contribution >= 0.6 is 0 Å². The molecule has 2 aliphatic rings. The second kappa shape index (κ2) is 4.52. The lowest BCUT2D eigenvalue weighted by Gasteiger charge is -2.38. The summed E-state index contributed by atoms with van der Waals surface area (Å²) in [5.74, 6) is 1.52. The second-order valence-electron chi connectivity index (χ2n) is 5.22. The molecule has 2 rings (SSSR count). The van der Waals surface area contributed by atoms with E-state index in [1.807, 2.05) is 11.9 Å². The van der Waals surface area contributed by atoms with Gasteiger partial charge in [-0.05, 0) is 31.6 Å². The Morgan fingerprint density at radius 2 is 1.80 bits per heavy atom. The van der Waals surface area contributed by atoms with Crippen LogP contribution in [-0.2, 0) is 4.79 Å². The van der Waals surface area contributed by atoms with Crippen LogP contribution in [0.4, 0.5) is 0 Å². The smallest absolute Gasteiger partial charge is 0.225 e. The van der Waals surface area contributed by atoms with Crippen molar-refractivity contribution < 1.29 is 4.79 Å². The Balaban J connectivity index is 1.84. The maximum Gasteiger partial charge on any atom is 0.225 e. The number of carbonyl (C=O) groups is 1. The van der Waals surface area contributed by atoms with E-state index in [2.05, 4.69) is 12.2 Å². The van der Waals surface area contributed by atoms with Gasteiger partial charge in [0, 0.05) is 26.1 Å². The number of carbonyl (C=O) groups excluding carboxylic acids is 1. The van der Waals surface area contributed by atoms with Gasteiger partial charge in [-0.2, -0.15) is 0 Å². The first-order chi connectivity index (χ1) is 7.18. The fraction of sp³-hybridized carbons (Fsp3) is 0.917. The summed E-state index contributed by atoms with van der Waals surface area (Å²) in [4.78, 5) is 14.1. The first kappa shape index (κ1) is 10.9. The van der Waals surface area contributed by atoms with Gasteiger partial charge in [-0.25, -0.2) is 0 Å². The topological polar surface area (TPSA) is 32.3 Å². The van der Waals surface area contributed by atoms with Crippen molar-refractivity contribution in [1.29, 1.82) is 0 Å². The lowest BCUT2D eigenvalue weighted by molar-refractivity contribution is -0.138. The van der Waals surface area contributed by atoms with Crippen LogP contribution in [0, 0.1) is 11.8 Å². The molecular weight excluding hydrogens is 188 g/mol. The zero-order valence-electron chi connectivity index (χ0n) is 9.83. The summed E-state index contributed by atoms with van der Waals surface area (Å²) in [6.45, 7) is 4.25. The van der Waals surface area contributed by atoms with Gasteiger partial charge in [0.05, 0.1) is 6.04 Å². The molecule has 0 aromatic rings. The molecule has 1 saturated heterocycles. The van der Waals surface area contributed by atoms with Crippen molar-refractivity contribution in [3.8, 4) is 0 Å². The number of amides is 1. The summed E-state index contributed by atoms with van der Waals surface area (Å²) < 4.78 is 0. The summed E-state index contributed by atoms with van der Waals surface area (Å²) in [6, 6.07) is 0.455. The van der Waals surface area contributed by atoms with E-state index in [4.69, 9.17) is 0 Å². The molecule has 1 heterocycles. The first-order valence-electron chi connectivity index (χ1n) is 6.16. The van der Waals surface area contributed by atoms with Gasteiger partial charge < -0.3 is 10.2 Å². The Morgan fingerprint density at radius 1 is 1.20 bits per heavy atom. The molecule has 0 aromatic heterocycles. The van der Waals surface area contributed by atoms with Crippen LogP contribution in [0.5, 0.6) is 0 Å². The number of rotatable bonds is 2. The van der Waals surface area contributed by atoms with Gasteiger partial charge in [0.1, 0.15) is 0 Å². The van der Waals surface area contributed by atoms with Crippen molar-refractivity contribution >= 4 is 5.91 Å².